The Bertz CT molecular complexity index is 1630. The number of nitrogens with zero attached hydrogens (tertiary/aromatic N) is 1. The van der Waals surface area contributed by atoms with Crippen molar-refractivity contribution in [1.29, 1.82) is 0 Å². The van der Waals surface area contributed by atoms with Crippen molar-refractivity contribution >= 4 is 53.7 Å². The van der Waals surface area contributed by atoms with E-state index in [1.165, 1.54) is 0 Å². The van der Waals surface area contributed by atoms with E-state index in [2.05, 4.69) is 44.8 Å². The molecule has 0 aliphatic carbocycles. The highest BCUT2D eigenvalue weighted by Gasteiger charge is 2.37. The van der Waals surface area contributed by atoms with Crippen molar-refractivity contribution < 1.29 is 85.8 Å². The van der Waals surface area contributed by atoms with E-state index in [0.717, 1.165) is 36.5 Å². The van der Waals surface area contributed by atoms with E-state index in [9.17, 15) is 43.2 Å². The molecule has 0 saturated carbocycles. The van der Waals surface area contributed by atoms with E-state index in [4.69, 9.17) is 42.6 Å². The fourth-order valence-corrected chi connectivity index (χ4v) is 5.19. The van der Waals surface area contributed by atoms with Crippen molar-refractivity contribution in [2.45, 2.75) is 64.9 Å². The third kappa shape index (κ3) is 25.2. The third-order valence-electron chi connectivity index (χ3n) is 9.97. The standard InChI is InChI=1S/C46H66N2O18/c1-10-35(49)58-27-44(16-7,28-59-36(50)11-2)31-62-41(55)19-22-47-23-26-48(25-21-43(57)66-46(18-9,33-64-39(53)14-5)34-65-40(54)15-6)24-20-42(56)63-32-45(17-8,29-60-37(51)12-3)30-61-38(52)13-4/h10-15,47H,1-6,16-34H2,7-9H3. The minimum Gasteiger partial charge on any atom is -0.465 e. The maximum atomic E-state index is 13.3. The molecule has 0 fully saturated rings. The number of carbonyl (C=O) groups is 9. The van der Waals surface area contributed by atoms with Crippen LogP contribution in [0.15, 0.2) is 75.9 Å². The Morgan fingerprint density at radius 2 is 0.727 bits per heavy atom. The summed E-state index contributed by atoms with van der Waals surface area (Å²) in [6, 6.07) is 0. The molecule has 0 bridgehead atoms. The van der Waals surface area contributed by atoms with Crippen molar-refractivity contribution in [2.24, 2.45) is 10.8 Å². The fourth-order valence-electron chi connectivity index (χ4n) is 5.19. The first-order chi connectivity index (χ1) is 31.4. The van der Waals surface area contributed by atoms with Gasteiger partial charge in [-0.25, -0.2) is 28.8 Å². The Morgan fingerprint density at radius 1 is 0.409 bits per heavy atom. The summed E-state index contributed by atoms with van der Waals surface area (Å²) < 4.78 is 47.9. The molecule has 0 heterocycles. The first kappa shape index (κ1) is 59.6. The van der Waals surface area contributed by atoms with Gasteiger partial charge in [0.25, 0.3) is 0 Å². The molecule has 0 amide bonds. The molecule has 0 unspecified atom stereocenters. The number of esters is 9. The summed E-state index contributed by atoms with van der Waals surface area (Å²) in [6.07, 6.45) is 5.87. The van der Waals surface area contributed by atoms with Crippen molar-refractivity contribution in [3.05, 3.63) is 75.9 Å². The summed E-state index contributed by atoms with van der Waals surface area (Å²) in [7, 11) is 0. The van der Waals surface area contributed by atoms with Crippen LogP contribution in [0.3, 0.4) is 0 Å². The SMILES string of the molecule is C=CC(=O)OCC(CC)(COC(=O)C=C)COC(=O)CCNCCN(CCC(=O)OCC(CC)(COC(=O)C=C)COC(=O)C=C)CCC(=O)OC(CC)(COC(=O)C=C)COC(=O)C=C. The van der Waals surface area contributed by atoms with Crippen LogP contribution in [0.2, 0.25) is 0 Å². The van der Waals surface area contributed by atoms with Crippen LogP contribution >= 0.6 is 0 Å². The van der Waals surface area contributed by atoms with Gasteiger partial charge in [-0.3, -0.25) is 14.4 Å². The predicted molar refractivity (Wildman–Crippen MR) is 237 cm³/mol. The van der Waals surface area contributed by atoms with Crippen LogP contribution in [-0.2, 0) is 85.8 Å². The van der Waals surface area contributed by atoms with Crippen molar-refractivity contribution in [3.63, 3.8) is 0 Å². The summed E-state index contributed by atoms with van der Waals surface area (Å²) >= 11 is 0. The van der Waals surface area contributed by atoms with Gasteiger partial charge in [0.15, 0.2) is 5.60 Å². The highest BCUT2D eigenvalue weighted by atomic mass is 16.6. The highest BCUT2D eigenvalue weighted by molar-refractivity contribution is 5.83. The average Bonchev–Trinajstić information content (AvgIpc) is 3.33. The lowest BCUT2D eigenvalue weighted by Gasteiger charge is -2.32. The number of hydrogen-bond donors (Lipinski definition) is 1. The molecule has 20 nitrogen and oxygen atoms in total. The largest absolute Gasteiger partial charge is 0.465 e. The van der Waals surface area contributed by atoms with E-state index >= 15 is 0 Å². The van der Waals surface area contributed by atoms with Crippen molar-refractivity contribution in [2.75, 3.05) is 85.6 Å². The lowest BCUT2D eigenvalue weighted by atomic mass is 9.88. The second kappa shape index (κ2) is 33.1. The highest BCUT2D eigenvalue weighted by Crippen LogP contribution is 2.26. The number of carbonyl (C=O) groups excluding carboxylic acids is 9. The zero-order valence-electron chi connectivity index (χ0n) is 38.4. The molecule has 0 rings (SSSR count). The van der Waals surface area contributed by atoms with Gasteiger partial charge in [-0.2, -0.15) is 0 Å². The van der Waals surface area contributed by atoms with Gasteiger partial charge >= 0.3 is 53.7 Å². The maximum Gasteiger partial charge on any atom is 0.330 e. The van der Waals surface area contributed by atoms with Crippen LogP contribution in [0.4, 0.5) is 0 Å². The van der Waals surface area contributed by atoms with Gasteiger partial charge in [0.2, 0.25) is 0 Å². The molecule has 0 spiro atoms. The lowest BCUT2D eigenvalue weighted by molar-refractivity contribution is -0.183. The molecule has 0 saturated heterocycles. The summed E-state index contributed by atoms with van der Waals surface area (Å²) in [5.74, 6) is -6.49. The third-order valence-corrected chi connectivity index (χ3v) is 9.97. The molecule has 1 N–H and O–H groups in total. The Kier molecular flexibility index (Phi) is 29.9. The van der Waals surface area contributed by atoms with Gasteiger partial charge in [-0.15, -0.1) is 0 Å². The summed E-state index contributed by atoms with van der Waals surface area (Å²) in [5.41, 5.74) is -3.68. The monoisotopic (exact) mass is 934 g/mol. The Balaban J connectivity index is 5.96. The number of nitrogens with one attached hydrogen (secondary N) is 1. The second-order valence-electron chi connectivity index (χ2n) is 14.8. The first-order valence-electron chi connectivity index (χ1n) is 21.1. The van der Waals surface area contributed by atoms with E-state index < -0.39 is 83.4 Å². The molecule has 0 atom stereocenters. The first-order valence-corrected chi connectivity index (χ1v) is 21.1. The van der Waals surface area contributed by atoms with Gasteiger partial charge in [-0.05, 0) is 19.3 Å². The molecule has 368 valence electrons. The minimum atomic E-state index is -1.55. The molecule has 0 aromatic heterocycles. The summed E-state index contributed by atoms with van der Waals surface area (Å²) in [6.45, 7) is 23.6. The Labute approximate surface area is 386 Å². The quantitative estimate of drug-likeness (QED) is 0.0404. The minimum absolute atomic E-state index is 0.0361. The van der Waals surface area contributed by atoms with Gasteiger partial charge < -0.3 is 52.8 Å². The Hall–Kier alpha value is -6.41. The van der Waals surface area contributed by atoms with Gasteiger partial charge in [0.1, 0.15) is 52.9 Å². The van der Waals surface area contributed by atoms with Crippen molar-refractivity contribution in [3.8, 4) is 0 Å². The molecule has 0 radical (unpaired) electrons. The van der Waals surface area contributed by atoms with Gasteiger partial charge in [0.05, 0.1) is 30.1 Å². The average molecular weight is 935 g/mol. The number of rotatable bonds is 38. The van der Waals surface area contributed by atoms with E-state index in [1.807, 2.05) is 0 Å². The molecule has 20 heteroatoms. The molecule has 0 aromatic rings. The van der Waals surface area contributed by atoms with Crippen LogP contribution in [-0.4, -0.2) is 150 Å². The van der Waals surface area contributed by atoms with Gasteiger partial charge in [-0.1, -0.05) is 60.2 Å². The van der Waals surface area contributed by atoms with Gasteiger partial charge in [0, 0.05) is 69.2 Å². The van der Waals surface area contributed by atoms with Crippen LogP contribution in [0.1, 0.15) is 59.3 Å². The summed E-state index contributed by atoms with van der Waals surface area (Å²) in [5, 5.41) is 3.10. The molecule has 66 heavy (non-hydrogen) atoms. The maximum absolute atomic E-state index is 13.3. The number of hydrogen-bond acceptors (Lipinski definition) is 20. The zero-order valence-corrected chi connectivity index (χ0v) is 38.4. The van der Waals surface area contributed by atoms with Crippen LogP contribution in [0.25, 0.3) is 0 Å². The van der Waals surface area contributed by atoms with Crippen LogP contribution in [0, 0.1) is 10.8 Å². The Morgan fingerprint density at radius 3 is 1.06 bits per heavy atom. The van der Waals surface area contributed by atoms with Crippen LogP contribution in [0.5, 0.6) is 0 Å². The van der Waals surface area contributed by atoms with E-state index in [1.54, 1.807) is 25.7 Å². The molecular formula is C46H66N2O18. The van der Waals surface area contributed by atoms with Crippen molar-refractivity contribution in [1.82, 2.24) is 10.2 Å². The zero-order chi connectivity index (χ0) is 50.0. The number of ether oxygens (including phenoxy) is 9. The van der Waals surface area contributed by atoms with E-state index in [-0.39, 0.29) is 104 Å². The summed E-state index contributed by atoms with van der Waals surface area (Å²) in [4.78, 5) is 112. The predicted octanol–water partition coefficient (Wildman–Crippen LogP) is 2.99. The molecule has 0 aliphatic heterocycles. The van der Waals surface area contributed by atoms with Crippen LogP contribution < -0.4 is 5.32 Å². The molecule has 0 aromatic carbocycles. The normalized spacial score (nSPS) is 11.1. The lowest BCUT2D eigenvalue weighted by Crippen LogP contribution is -2.45. The fraction of sp³-hybridized carbons (Fsp3) is 0.543. The van der Waals surface area contributed by atoms with E-state index in [0.29, 0.717) is 6.42 Å². The molecular weight excluding hydrogens is 869 g/mol. The topological polar surface area (TPSA) is 252 Å². The molecule has 0 aliphatic rings. The second-order valence-corrected chi connectivity index (χ2v) is 14.8. The smallest absolute Gasteiger partial charge is 0.330 e.